The summed E-state index contributed by atoms with van der Waals surface area (Å²) >= 11 is 0. The van der Waals surface area contributed by atoms with E-state index in [1.54, 1.807) is 0 Å². The fourth-order valence-electron chi connectivity index (χ4n) is 1.02. The molecule has 0 spiro atoms. The van der Waals surface area contributed by atoms with Crippen LogP contribution in [-0.2, 0) is 4.79 Å². The Balaban J connectivity index is 0. The Hall–Kier alpha value is -0.450. The van der Waals surface area contributed by atoms with Crippen LogP contribution in [0, 0.1) is 0 Å². The first kappa shape index (κ1) is 15.0. The van der Waals surface area contributed by atoms with Crippen molar-refractivity contribution < 1.29 is 4.79 Å². The third kappa shape index (κ3) is 7.90. The molecular formula is C9H23N3O. The lowest BCUT2D eigenvalue weighted by molar-refractivity contribution is -0.110. The van der Waals surface area contributed by atoms with Gasteiger partial charge in [0.05, 0.1) is 6.04 Å². The third-order valence-electron chi connectivity index (χ3n) is 1.57. The van der Waals surface area contributed by atoms with Gasteiger partial charge in [-0.1, -0.05) is 13.8 Å². The molecule has 1 saturated heterocycles. The smallest absolute Gasteiger partial charge is 0.138 e. The standard InChI is InChI=1S/C6H12N2O.C2H6.CH5N/c1-8-3-2-7-6(4-8)5-9;2*1-2/h5-7H,2-4H2,1H3;1-2H3;2H2,1H3. The maximum Gasteiger partial charge on any atom is 0.138 e. The molecule has 0 saturated carbocycles. The molecule has 1 unspecified atom stereocenters. The molecule has 1 atom stereocenters. The van der Waals surface area contributed by atoms with Gasteiger partial charge in [0.15, 0.2) is 0 Å². The number of likely N-dealkylation sites (N-methyl/N-ethyl adjacent to an activating group) is 1. The molecule has 1 rings (SSSR count). The van der Waals surface area contributed by atoms with Crippen molar-refractivity contribution >= 4 is 6.29 Å². The van der Waals surface area contributed by atoms with Gasteiger partial charge >= 0.3 is 0 Å². The van der Waals surface area contributed by atoms with E-state index in [2.05, 4.69) is 16.0 Å². The lowest BCUT2D eigenvalue weighted by Crippen LogP contribution is -2.49. The Morgan fingerprint density at radius 1 is 1.46 bits per heavy atom. The van der Waals surface area contributed by atoms with Gasteiger partial charge in [-0.15, -0.1) is 0 Å². The van der Waals surface area contributed by atoms with Crippen LogP contribution in [0.4, 0.5) is 0 Å². The Morgan fingerprint density at radius 3 is 2.31 bits per heavy atom. The molecular weight excluding hydrogens is 166 g/mol. The second-order valence-electron chi connectivity index (χ2n) is 2.46. The van der Waals surface area contributed by atoms with E-state index in [9.17, 15) is 4.79 Å². The summed E-state index contributed by atoms with van der Waals surface area (Å²) in [7, 11) is 3.53. The highest BCUT2D eigenvalue weighted by Crippen LogP contribution is 1.91. The van der Waals surface area contributed by atoms with Gasteiger partial charge in [0.2, 0.25) is 0 Å². The Morgan fingerprint density at radius 2 is 2.00 bits per heavy atom. The van der Waals surface area contributed by atoms with Crippen molar-refractivity contribution in [2.75, 3.05) is 33.7 Å². The zero-order valence-corrected chi connectivity index (χ0v) is 9.21. The number of rotatable bonds is 1. The van der Waals surface area contributed by atoms with Gasteiger partial charge in [-0.2, -0.15) is 0 Å². The molecule has 13 heavy (non-hydrogen) atoms. The van der Waals surface area contributed by atoms with Crippen LogP contribution < -0.4 is 11.1 Å². The van der Waals surface area contributed by atoms with Crippen LogP contribution in [0.3, 0.4) is 0 Å². The number of nitrogens with two attached hydrogens (primary N) is 1. The minimum Gasteiger partial charge on any atom is -0.333 e. The average Bonchev–Trinajstić information content (AvgIpc) is 2.24. The number of carbonyl (C=O) groups excluding carboxylic acids is 1. The summed E-state index contributed by atoms with van der Waals surface area (Å²) in [6.45, 7) is 6.83. The van der Waals surface area contributed by atoms with Gasteiger partial charge in [-0.25, -0.2) is 0 Å². The summed E-state index contributed by atoms with van der Waals surface area (Å²) in [6.07, 6.45) is 0.968. The highest BCUT2D eigenvalue weighted by atomic mass is 16.1. The lowest BCUT2D eigenvalue weighted by Gasteiger charge is -2.27. The number of piperazine rings is 1. The number of hydrogen-bond donors (Lipinski definition) is 2. The van der Waals surface area contributed by atoms with E-state index in [1.165, 1.54) is 7.05 Å². The Kier molecular flexibility index (Phi) is 13.4. The first-order valence-electron chi connectivity index (χ1n) is 4.78. The van der Waals surface area contributed by atoms with E-state index in [0.29, 0.717) is 0 Å². The Bertz CT molecular complexity index is 109. The third-order valence-corrected chi connectivity index (χ3v) is 1.57. The fraction of sp³-hybridized carbons (Fsp3) is 0.889. The van der Waals surface area contributed by atoms with Gasteiger partial charge in [0, 0.05) is 19.6 Å². The van der Waals surface area contributed by atoms with E-state index < -0.39 is 0 Å². The number of hydrogen-bond acceptors (Lipinski definition) is 4. The van der Waals surface area contributed by atoms with Crippen molar-refractivity contribution in [1.82, 2.24) is 10.2 Å². The fourth-order valence-corrected chi connectivity index (χ4v) is 1.02. The molecule has 0 radical (unpaired) electrons. The number of aldehydes is 1. The predicted octanol–water partition coefficient (Wildman–Crippen LogP) is -0.310. The SMILES string of the molecule is CC.CN.CN1CCNC(C=O)C1. The van der Waals surface area contributed by atoms with E-state index in [0.717, 1.165) is 25.9 Å². The molecule has 80 valence electrons. The molecule has 0 aliphatic carbocycles. The summed E-state index contributed by atoms with van der Waals surface area (Å²) in [5, 5.41) is 3.09. The summed E-state index contributed by atoms with van der Waals surface area (Å²) < 4.78 is 0. The van der Waals surface area contributed by atoms with E-state index >= 15 is 0 Å². The van der Waals surface area contributed by atoms with Crippen molar-refractivity contribution in [3.8, 4) is 0 Å². The van der Waals surface area contributed by atoms with Crippen LogP contribution in [0.25, 0.3) is 0 Å². The molecule has 0 aromatic heterocycles. The summed E-state index contributed by atoms with van der Waals surface area (Å²) in [6, 6.07) is 0.0590. The predicted molar refractivity (Wildman–Crippen MR) is 56.8 cm³/mol. The van der Waals surface area contributed by atoms with Gasteiger partial charge in [0.1, 0.15) is 6.29 Å². The van der Waals surface area contributed by atoms with E-state index in [-0.39, 0.29) is 6.04 Å². The molecule has 0 amide bonds. The summed E-state index contributed by atoms with van der Waals surface area (Å²) in [5.41, 5.74) is 4.50. The van der Waals surface area contributed by atoms with Gasteiger partial charge in [-0.05, 0) is 14.1 Å². The molecule has 1 aliphatic heterocycles. The van der Waals surface area contributed by atoms with Crippen LogP contribution in [0.5, 0.6) is 0 Å². The molecule has 0 aromatic rings. The van der Waals surface area contributed by atoms with Crippen molar-refractivity contribution in [2.24, 2.45) is 5.73 Å². The van der Waals surface area contributed by atoms with E-state index in [4.69, 9.17) is 0 Å². The first-order chi connectivity index (χ1) is 6.33. The molecule has 0 bridgehead atoms. The summed E-state index contributed by atoms with van der Waals surface area (Å²) in [4.78, 5) is 12.4. The quantitative estimate of drug-likeness (QED) is 0.556. The average molecular weight is 189 g/mol. The highest BCUT2D eigenvalue weighted by Gasteiger charge is 2.13. The van der Waals surface area contributed by atoms with Crippen LogP contribution >= 0.6 is 0 Å². The van der Waals surface area contributed by atoms with Crippen molar-refractivity contribution in [1.29, 1.82) is 0 Å². The largest absolute Gasteiger partial charge is 0.333 e. The topological polar surface area (TPSA) is 58.4 Å². The van der Waals surface area contributed by atoms with Crippen molar-refractivity contribution in [3.05, 3.63) is 0 Å². The number of carbonyl (C=O) groups is 1. The molecule has 1 fully saturated rings. The van der Waals surface area contributed by atoms with Gasteiger partial charge in [-0.3, -0.25) is 0 Å². The van der Waals surface area contributed by atoms with Crippen LogP contribution in [0.2, 0.25) is 0 Å². The monoisotopic (exact) mass is 189 g/mol. The minimum absolute atomic E-state index is 0.0590. The van der Waals surface area contributed by atoms with Gasteiger partial charge < -0.3 is 20.7 Å². The first-order valence-corrected chi connectivity index (χ1v) is 4.78. The van der Waals surface area contributed by atoms with Crippen LogP contribution in [0.1, 0.15) is 13.8 Å². The number of nitrogens with one attached hydrogen (secondary N) is 1. The maximum atomic E-state index is 10.2. The highest BCUT2D eigenvalue weighted by molar-refractivity contribution is 5.58. The second kappa shape index (κ2) is 11.6. The molecule has 3 N–H and O–H groups in total. The maximum absolute atomic E-state index is 10.2. The second-order valence-corrected chi connectivity index (χ2v) is 2.46. The minimum atomic E-state index is 0.0590. The summed E-state index contributed by atoms with van der Waals surface area (Å²) in [5.74, 6) is 0. The number of nitrogens with zero attached hydrogens (tertiary/aromatic N) is 1. The lowest BCUT2D eigenvalue weighted by atomic mass is 10.2. The molecule has 0 aromatic carbocycles. The van der Waals surface area contributed by atoms with Crippen LogP contribution in [-0.4, -0.2) is 51.0 Å². The normalized spacial score (nSPS) is 21.8. The van der Waals surface area contributed by atoms with Gasteiger partial charge in [0.25, 0.3) is 0 Å². The molecule has 4 heteroatoms. The van der Waals surface area contributed by atoms with Crippen molar-refractivity contribution in [3.63, 3.8) is 0 Å². The van der Waals surface area contributed by atoms with E-state index in [1.807, 2.05) is 20.9 Å². The molecule has 4 nitrogen and oxygen atoms in total. The van der Waals surface area contributed by atoms with Crippen molar-refractivity contribution in [2.45, 2.75) is 19.9 Å². The molecule has 1 aliphatic rings. The molecule has 1 heterocycles. The zero-order valence-electron chi connectivity index (χ0n) is 9.21. The Labute approximate surface area is 81.5 Å². The van der Waals surface area contributed by atoms with Crippen LogP contribution in [0.15, 0.2) is 0 Å². The zero-order chi connectivity index (χ0) is 10.7.